The van der Waals surface area contributed by atoms with Gasteiger partial charge in [-0.2, -0.15) is 23.5 Å². The Labute approximate surface area is 109 Å². The average molecular weight is 259 g/mol. The number of nitrogens with one attached hydrogen (secondary N) is 1. The Morgan fingerprint density at radius 1 is 1.31 bits per heavy atom. The van der Waals surface area contributed by atoms with E-state index in [-0.39, 0.29) is 0 Å². The Morgan fingerprint density at radius 3 is 2.75 bits per heavy atom. The van der Waals surface area contributed by atoms with Gasteiger partial charge in [-0.05, 0) is 25.3 Å². The third kappa shape index (κ3) is 3.85. The molecule has 3 heteroatoms. The monoisotopic (exact) mass is 259 g/mol. The molecule has 2 aliphatic rings. The molecule has 1 aliphatic carbocycles. The molecule has 2 unspecified atom stereocenters. The summed E-state index contributed by atoms with van der Waals surface area (Å²) in [7, 11) is 0. The summed E-state index contributed by atoms with van der Waals surface area (Å²) in [6, 6.07) is 0.794. The molecular formula is C13H25NS2. The van der Waals surface area contributed by atoms with Gasteiger partial charge in [-0.3, -0.25) is 0 Å². The number of hydrogen-bond acceptors (Lipinski definition) is 3. The molecule has 94 valence electrons. The van der Waals surface area contributed by atoms with E-state index in [1.807, 2.05) is 0 Å². The molecule has 1 aliphatic heterocycles. The van der Waals surface area contributed by atoms with Crippen molar-refractivity contribution in [3.8, 4) is 0 Å². The van der Waals surface area contributed by atoms with E-state index >= 15 is 0 Å². The lowest BCUT2D eigenvalue weighted by atomic mass is 9.80. The maximum atomic E-state index is 3.80. The lowest BCUT2D eigenvalue weighted by Crippen LogP contribution is -2.43. The Morgan fingerprint density at radius 2 is 2.19 bits per heavy atom. The van der Waals surface area contributed by atoms with Crippen LogP contribution in [0.5, 0.6) is 0 Å². The Kier molecular flexibility index (Phi) is 5.87. The van der Waals surface area contributed by atoms with Gasteiger partial charge in [0, 0.05) is 28.6 Å². The van der Waals surface area contributed by atoms with Gasteiger partial charge in [0.25, 0.3) is 0 Å². The first-order chi connectivity index (χ1) is 7.90. The van der Waals surface area contributed by atoms with Crippen LogP contribution in [0, 0.1) is 5.92 Å². The molecule has 1 saturated heterocycles. The lowest BCUT2D eigenvalue weighted by molar-refractivity contribution is 0.259. The normalized spacial score (nSPS) is 28.7. The van der Waals surface area contributed by atoms with Gasteiger partial charge in [-0.1, -0.05) is 26.2 Å². The predicted molar refractivity (Wildman–Crippen MR) is 77.6 cm³/mol. The van der Waals surface area contributed by atoms with Gasteiger partial charge in [0.05, 0.1) is 0 Å². The quantitative estimate of drug-likeness (QED) is 0.785. The Balaban J connectivity index is 1.78. The minimum absolute atomic E-state index is 0.794. The van der Waals surface area contributed by atoms with E-state index in [2.05, 4.69) is 35.8 Å². The van der Waals surface area contributed by atoms with Crippen molar-refractivity contribution in [3.05, 3.63) is 0 Å². The van der Waals surface area contributed by atoms with Gasteiger partial charge < -0.3 is 5.32 Å². The minimum Gasteiger partial charge on any atom is -0.313 e. The molecule has 0 spiro atoms. The van der Waals surface area contributed by atoms with Crippen LogP contribution in [0.1, 0.15) is 39.0 Å². The SMILES string of the molecule is CCCNC(CC1CCC1)C1CSCCS1. The maximum absolute atomic E-state index is 3.80. The van der Waals surface area contributed by atoms with E-state index in [0.29, 0.717) is 0 Å². The summed E-state index contributed by atoms with van der Waals surface area (Å²) in [6.45, 7) is 3.48. The van der Waals surface area contributed by atoms with Crippen molar-refractivity contribution in [2.45, 2.75) is 50.3 Å². The highest BCUT2D eigenvalue weighted by Gasteiger charge is 2.28. The summed E-state index contributed by atoms with van der Waals surface area (Å²) >= 11 is 4.37. The standard InChI is InChI=1S/C13H25NS2/c1-2-6-14-12(9-11-4-3-5-11)13-10-15-7-8-16-13/h11-14H,2-10H2,1H3. The zero-order valence-electron chi connectivity index (χ0n) is 10.4. The van der Waals surface area contributed by atoms with E-state index in [1.54, 1.807) is 0 Å². The highest BCUT2D eigenvalue weighted by atomic mass is 32.2. The van der Waals surface area contributed by atoms with Crippen LogP contribution in [0.4, 0.5) is 0 Å². The molecule has 2 fully saturated rings. The highest BCUT2D eigenvalue weighted by molar-refractivity contribution is 8.06. The van der Waals surface area contributed by atoms with Crippen molar-refractivity contribution >= 4 is 23.5 Å². The summed E-state index contributed by atoms with van der Waals surface area (Å²) in [5, 5.41) is 4.68. The van der Waals surface area contributed by atoms with Crippen molar-refractivity contribution < 1.29 is 0 Å². The van der Waals surface area contributed by atoms with Crippen LogP contribution in [-0.4, -0.2) is 35.1 Å². The predicted octanol–water partition coefficient (Wildman–Crippen LogP) is 3.39. The van der Waals surface area contributed by atoms with Gasteiger partial charge in [0.15, 0.2) is 0 Å². The van der Waals surface area contributed by atoms with Crippen LogP contribution in [0.15, 0.2) is 0 Å². The van der Waals surface area contributed by atoms with Crippen molar-refractivity contribution in [1.82, 2.24) is 5.32 Å². The van der Waals surface area contributed by atoms with E-state index in [9.17, 15) is 0 Å². The number of thioether (sulfide) groups is 2. The zero-order chi connectivity index (χ0) is 11.2. The minimum atomic E-state index is 0.794. The lowest BCUT2D eigenvalue weighted by Gasteiger charge is -2.35. The molecule has 0 amide bonds. The fourth-order valence-corrected chi connectivity index (χ4v) is 5.43. The van der Waals surface area contributed by atoms with Gasteiger partial charge in [-0.15, -0.1) is 0 Å². The van der Waals surface area contributed by atoms with E-state index in [0.717, 1.165) is 17.2 Å². The van der Waals surface area contributed by atoms with Crippen LogP contribution < -0.4 is 5.32 Å². The number of hydrogen-bond donors (Lipinski definition) is 1. The van der Waals surface area contributed by atoms with Crippen LogP contribution in [0.25, 0.3) is 0 Å². The first kappa shape index (κ1) is 13.1. The van der Waals surface area contributed by atoms with Gasteiger partial charge in [-0.25, -0.2) is 0 Å². The van der Waals surface area contributed by atoms with Gasteiger partial charge >= 0.3 is 0 Å². The van der Waals surface area contributed by atoms with Crippen LogP contribution in [-0.2, 0) is 0 Å². The molecular weight excluding hydrogens is 234 g/mol. The van der Waals surface area contributed by atoms with Crippen LogP contribution in [0.3, 0.4) is 0 Å². The van der Waals surface area contributed by atoms with E-state index < -0.39 is 0 Å². The van der Waals surface area contributed by atoms with E-state index in [1.165, 1.54) is 55.9 Å². The molecule has 1 nitrogen and oxygen atoms in total. The Bertz CT molecular complexity index is 188. The molecule has 1 N–H and O–H groups in total. The van der Waals surface area contributed by atoms with E-state index in [4.69, 9.17) is 0 Å². The molecule has 16 heavy (non-hydrogen) atoms. The molecule has 2 rings (SSSR count). The third-order valence-electron chi connectivity index (χ3n) is 3.76. The Hall–Kier alpha value is 0.660. The molecule has 0 aromatic carbocycles. The molecule has 1 heterocycles. The molecule has 0 radical (unpaired) electrons. The fraction of sp³-hybridized carbons (Fsp3) is 1.00. The van der Waals surface area contributed by atoms with Crippen molar-refractivity contribution in [1.29, 1.82) is 0 Å². The molecule has 0 aromatic heterocycles. The largest absolute Gasteiger partial charge is 0.313 e. The van der Waals surface area contributed by atoms with Gasteiger partial charge in [0.2, 0.25) is 0 Å². The van der Waals surface area contributed by atoms with Crippen LogP contribution in [0.2, 0.25) is 0 Å². The summed E-state index contributed by atoms with van der Waals surface area (Å²) in [5.41, 5.74) is 0. The second-order valence-corrected chi connectivity index (χ2v) is 7.57. The van der Waals surface area contributed by atoms with Crippen molar-refractivity contribution in [2.24, 2.45) is 5.92 Å². The van der Waals surface area contributed by atoms with Crippen molar-refractivity contribution in [2.75, 3.05) is 23.8 Å². The van der Waals surface area contributed by atoms with Crippen LogP contribution >= 0.6 is 23.5 Å². The zero-order valence-corrected chi connectivity index (χ0v) is 12.0. The molecule has 0 bridgehead atoms. The summed E-state index contributed by atoms with van der Waals surface area (Å²) in [6.07, 6.45) is 7.19. The van der Waals surface area contributed by atoms with Gasteiger partial charge in [0.1, 0.15) is 0 Å². The second-order valence-electron chi connectivity index (χ2n) is 5.08. The first-order valence-corrected chi connectivity index (χ1v) is 9.03. The highest BCUT2D eigenvalue weighted by Crippen LogP contribution is 2.35. The summed E-state index contributed by atoms with van der Waals surface area (Å²) < 4.78 is 0. The molecule has 2 atom stereocenters. The third-order valence-corrected chi connectivity index (χ3v) is 6.68. The first-order valence-electron chi connectivity index (χ1n) is 6.83. The topological polar surface area (TPSA) is 12.0 Å². The number of rotatable bonds is 6. The smallest absolute Gasteiger partial charge is 0.0292 e. The fourth-order valence-electron chi connectivity index (χ4n) is 2.52. The van der Waals surface area contributed by atoms with Crippen molar-refractivity contribution in [3.63, 3.8) is 0 Å². The summed E-state index contributed by atoms with van der Waals surface area (Å²) in [4.78, 5) is 0. The average Bonchev–Trinajstić information content (AvgIpc) is 2.28. The summed E-state index contributed by atoms with van der Waals surface area (Å²) in [5.74, 6) is 5.15. The molecule has 0 aromatic rings. The molecule has 1 saturated carbocycles. The maximum Gasteiger partial charge on any atom is 0.0292 e. The second kappa shape index (κ2) is 7.17.